The summed E-state index contributed by atoms with van der Waals surface area (Å²) in [4.78, 5) is 5.08. The first kappa shape index (κ1) is 10.5. The van der Waals surface area contributed by atoms with Crippen molar-refractivity contribution in [1.82, 2.24) is 5.06 Å². The highest BCUT2D eigenvalue weighted by molar-refractivity contribution is 8.02. The first-order chi connectivity index (χ1) is 5.16. The van der Waals surface area contributed by atoms with Crippen molar-refractivity contribution in [3.8, 4) is 6.07 Å². The molecule has 0 saturated carbocycles. The summed E-state index contributed by atoms with van der Waals surface area (Å²) in [6.45, 7) is 1.77. The van der Waals surface area contributed by atoms with Gasteiger partial charge in [-0.15, -0.1) is 11.8 Å². The van der Waals surface area contributed by atoms with Gasteiger partial charge in [-0.2, -0.15) is 10.3 Å². The standard InChI is InChI=1S/C7H12N2OS/c1-7(4-8)5-11-6-10-9(2)3/h5H,6H2,1-3H3/b7-5+. The van der Waals surface area contributed by atoms with E-state index >= 15 is 0 Å². The molecule has 0 aromatic rings. The van der Waals surface area contributed by atoms with Crippen molar-refractivity contribution in [2.75, 3.05) is 20.0 Å². The molecule has 0 radical (unpaired) electrons. The van der Waals surface area contributed by atoms with Crippen molar-refractivity contribution in [2.45, 2.75) is 6.92 Å². The molecule has 11 heavy (non-hydrogen) atoms. The van der Waals surface area contributed by atoms with Crippen LogP contribution in [0.15, 0.2) is 11.0 Å². The Kier molecular flexibility index (Phi) is 5.94. The Bertz CT molecular complexity index is 172. The Hall–Kier alpha value is -0.500. The normalized spacial score (nSPS) is 11.7. The van der Waals surface area contributed by atoms with E-state index in [1.54, 1.807) is 17.4 Å². The fraction of sp³-hybridized carbons (Fsp3) is 0.571. The second kappa shape index (κ2) is 6.23. The average molecular weight is 172 g/mol. The van der Waals surface area contributed by atoms with Gasteiger partial charge in [0, 0.05) is 19.7 Å². The Morgan fingerprint density at radius 1 is 1.73 bits per heavy atom. The molecule has 0 spiro atoms. The minimum atomic E-state index is 0.548. The number of thioether (sulfide) groups is 1. The molecule has 0 rings (SSSR count). The van der Waals surface area contributed by atoms with Crippen molar-refractivity contribution >= 4 is 11.8 Å². The molecule has 0 aliphatic carbocycles. The zero-order valence-corrected chi connectivity index (χ0v) is 7.81. The van der Waals surface area contributed by atoms with Crippen LogP contribution in [-0.4, -0.2) is 25.1 Å². The highest BCUT2D eigenvalue weighted by Crippen LogP contribution is 2.06. The lowest BCUT2D eigenvalue weighted by Gasteiger charge is -2.07. The van der Waals surface area contributed by atoms with Gasteiger partial charge in [-0.25, -0.2) is 0 Å². The molecule has 0 saturated heterocycles. The molecule has 0 atom stereocenters. The van der Waals surface area contributed by atoms with E-state index in [-0.39, 0.29) is 0 Å². The van der Waals surface area contributed by atoms with Gasteiger partial charge in [0.1, 0.15) is 5.94 Å². The number of nitrogens with zero attached hydrogens (tertiary/aromatic N) is 2. The van der Waals surface area contributed by atoms with Crippen LogP contribution < -0.4 is 0 Å². The van der Waals surface area contributed by atoms with Gasteiger partial charge in [-0.3, -0.25) is 4.84 Å². The third kappa shape index (κ3) is 7.40. The maximum Gasteiger partial charge on any atom is 0.118 e. The van der Waals surface area contributed by atoms with Crippen molar-refractivity contribution < 1.29 is 4.84 Å². The van der Waals surface area contributed by atoms with E-state index in [0.717, 1.165) is 0 Å². The molecule has 0 N–H and O–H groups in total. The fourth-order valence-electron chi connectivity index (χ4n) is 0.321. The van der Waals surface area contributed by atoms with Crippen LogP contribution in [-0.2, 0) is 4.84 Å². The molecule has 4 heteroatoms. The van der Waals surface area contributed by atoms with E-state index in [4.69, 9.17) is 10.1 Å². The van der Waals surface area contributed by atoms with E-state index in [2.05, 4.69) is 0 Å². The summed E-state index contributed by atoms with van der Waals surface area (Å²) in [5.74, 6) is 0.548. The van der Waals surface area contributed by atoms with Crippen LogP contribution in [0.3, 0.4) is 0 Å². The number of hydrogen-bond acceptors (Lipinski definition) is 4. The molecule has 62 valence electrons. The van der Waals surface area contributed by atoms with Crippen LogP contribution in [0.4, 0.5) is 0 Å². The lowest BCUT2D eigenvalue weighted by molar-refractivity contribution is -0.0945. The van der Waals surface area contributed by atoms with Gasteiger partial charge < -0.3 is 0 Å². The first-order valence-corrected chi connectivity index (χ1v) is 4.20. The molecule has 0 aliphatic rings. The first-order valence-electron chi connectivity index (χ1n) is 3.15. The summed E-state index contributed by atoms with van der Waals surface area (Å²) in [5.41, 5.74) is 0.706. The highest BCUT2D eigenvalue weighted by atomic mass is 32.2. The van der Waals surface area contributed by atoms with Gasteiger partial charge in [0.15, 0.2) is 0 Å². The molecular formula is C7H12N2OS. The quantitative estimate of drug-likeness (QED) is 0.279. The second-order valence-electron chi connectivity index (χ2n) is 2.14. The number of allylic oxidation sites excluding steroid dienone is 1. The molecule has 0 unspecified atom stereocenters. The molecule has 0 fully saturated rings. The number of hydroxylamine groups is 2. The maximum atomic E-state index is 8.36. The van der Waals surface area contributed by atoms with Gasteiger partial charge in [-0.05, 0) is 12.3 Å². The van der Waals surface area contributed by atoms with Crippen LogP contribution in [0.2, 0.25) is 0 Å². The SMILES string of the molecule is C/C(C#N)=C\SCON(C)C. The number of nitriles is 1. The van der Waals surface area contributed by atoms with Crippen molar-refractivity contribution in [1.29, 1.82) is 5.26 Å². The lowest BCUT2D eigenvalue weighted by Crippen LogP contribution is -2.11. The molecule has 0 aliphatic heterocycles. The van der Waals surface area contributed by atoms with Crippen LogP contribution in [0.1, 0.15) is 6.92 Å². The van der Waals surface area contributed by atoms with E-state index in [1.807, 2.05) is 20.2 Å². The van der Waals surface area contributed by atoms with Gasteiger partial charge in [0.25, 0.3) is 0 Å². The zero-order valence-electron chi connectivity index (χ0n) is 7.00. The third-order valence-electron chi connectivity index (χ3n) is 0.815. The van der Waals surface area contributed by atoms with Crippen LogP contribution in [0, 0.1) is 11.3 Å². The van der Waals surface area contributed by atoms with Gasteiger partial charge in [-0.1, -0.05) is 0 Å². The van der Waals surface area contributed by atoms with E-state index in [1.165, 1.54) is 11.8 Å². The molecule has 0 bridgehead atoms. The molecule has 0 heterocycles. The minimum Gasteiger partial charge on any atom is -0.288 e. The minimum absolute atomic E-state index is 0.548. The summed E-state index contributed by atoms with van der Waals surface area (Å²) in [7, 11) is 3.64. The predicted molar refractivity (Wildman–Crippen MR) is 46.6 cm³/mol. The van der Waals surface area contributed by atoms with Gasteiger partial charge >= 0.3 is 0 Å². The predicted octanol–water partition coefficient (Wildman–Crippen LogP) is 1.60. The van der Waals surface area contributed by atoms with Crippen LogP contribution in [0.5, 0.6) is 0 Å². The van der Waals surface area contributed by atoms with Crippen molar-refractivity contribution in [2.24, 2.45) is 0 Å². The van der Waals surface area contributed by atoms with Crippen LogP contribution >= 0.6 is 11.8 Å². The van der Waals surface area contributed by atoms with Crippen molar-refractivity contribution in [3.05, 3.63) is 11.0 Å². The Labute approximate surface area is 71.6 Å². The zero-order chi connectivity index (χ0) is 8.69. The maximum absolute atomic E-state index is 8.36. The Balaban J connectivity index is 3.36. The Morgan fingerprint density at radius 2 is 2.36 bits per heavy atom. The van der Waals surface area contributed by atoms with E-state index in [0.29, 0.717) is 11.5 Å². The van der Waals surface area contributed by atoms with Gasteiger partial charge in [0.2, 0.25) is 0 Å². The fourth-order valence-corrected chi connectivity index (χ4v) is 0.964. The molecular weight excluding hydrogens is 160 g/mol. The molecule has 0 amide bonds. The lowest BCUT2D eigenvalue weighted by atomic mass is 10.4. The highest BCUT2D eigenvalue weighted by Gasteiger charge is 1.88. The summed E-state index contributed by atoms with van der Waals surface area (Å²) < 4.78 is 0. The monoisotopic (exact) mass is 172 g/mol. The van der Waals surface area contributed by atoms with Crippen LogP contribution in [0.25, 0.3) is 0 Å². The summed E-state index contributed by atoms with van der Waals surface area (Å²) in [6.07, 6.45) is 0. The molecule has 0 aromatic heterocycles. The Morgan fingerprint density at radius 3 is 2.82 bits per heavy atom. The molecule has 3 nitrogen and oxygen atoms in total. The number of hydrogen-bond donors (Lipinski definition) is 0. The van der Waals surface area contributed by atoms with E-state index < -0.39 is 0 Å². The summed E-state index contributed by atoms with van der Waals surface area (Å²) in [6, 6.07) is 2.02. The van der Waals surface area contributed by atoms with Gasteiger partial charge in [0.05, 0.1) is 6.07 Å². The van der Waals surface area contributed by atoms with E-state index in [9.17, 15) is 0 Å². The number of rotatable bonds is 4. The smallest absolute Gasteiger partial charge is 0.118 e. The largest absolute Gasteiger partial charge is 0.288 e. The summed E-state index contributed by atoms with van der Waals surface area (Å²) >= 11 is 1.47. The topological polar surface area (TPSA) is 36.3 Å². The molecule has 0 aromatic carbocycles. The third-order valence-corrected chi connectivity index (χ3v) is 1.58. The second-order valence-corrected chi connectivity index (χ2v) is 2.94. The summed E-state index contributed by atoms with van der Waals surface area (Å²) in [5, 5.41) is 11.8. The van der Waals surface area contributed by atoms with Crippen molar-refractivity contribution in [3.63, 3.8) is 0 Å². The average Bonchev–Trinajstić information content (AvgIpc) is 1.97.